The van der Waals surface area contributed by atoms with Crippen molar-refractivity contribution >= 4 is 10.8 Å². The minimum Gasteiger partial charge on any atom is -0.464 e. The molecule has 2 heteroatoms. The summed E-state index contributed by atoms with van der Waals surface area (Å²) in [5.74, 6) is 2.42. The van der Waals surface area contributed by atoms with Crippen LogP contribution in [0.3, 0.4) is 0 Å². The molecule has 134 valence electrons. The van der Waals surface area contributed by atoms with E-state index in [4.69, 9.17) is 9.47 Å². The van der Waals surface area contributed by atoms with E-state index in [0.717, 1.165) is 18.1 Å². The molecule has 2 atom stereocenters. The third kappa shape index (κ3) is 2.85. The van der Waals surface area contributed by atoms with Crippen LogP contribution in [0, 0.1) is 11.3 Å². The number of hydrogen-bond acceptors (Lipinski definition) is 2. The van der Waals surface area contributed by atoms with Crippen molar-refractivity contribution in [3.8, 4) is 5.75 Å². The van der Waals surface area contributed by atoms with Crippen LogP contribution in [0.15, 0.2) is 36.4 Å². The number of methoxy groups -OCH3 is 1. The highest BCUT2D eigenvalue weighted by molar-refractivity contribution is 5.91. The van der Waals surface area contributed by atoms with Gasteiger partial charge in [-0.15, -0.1) is 0 Å². The highest BCUT2D eigenvalue weighted by Crippen LogP contribution is 2.57. The number of hydrogen-bond donors (Lipinski definition) is 0. The molecule has 25 heavy (non-hydrogen) atoms. The molecule has 2 aliphatic carbocycles. The van der Waals surface area contributed by atoms with E-state index in [1.807, 2.05) is 0 Å². The summed E-state index contributed by atoms with van der Waals surface area (Å²) in [5, 5.41) is 2.53. The number of fused-ring (bicyclic) bond motifs is 3. The standard InChI is InChI=1S/C23H30O2/c1-4-16(2)18-9-10-21(20-8-6-5-7-19(18)20)25-22(24-3)23-13-11-17(15-23)12-14-23/h5-10,16-17,22H,4,11-15H2,1-3H3. The fourth-order valence-corrected chi connectivity index (χ4v) is 5.15. The van der Waals surface area contributed by atoms with E-state index in [1.165, 1.54) is 48.4 Å². The zero-order chi connectivity index (χ0) is 17.4. The Bertz CT molecular complexity index is 743. The van der Waals surface area contributed by atoms with Crippen LogP contribution in [-0.4, -0.2) is 13.4 Å². The highest BCUT2D eigenvalue weighted by atomic mass is 16.7. The van der Waals surface area contributed by atoms with Crippen molar-refractivity contribution in [2.24, 2.45) is 11.3 Å². The molecule has 2 nitrogen and oxygen atoms in total. The summed E-state index contributed by atoms with van der Waals surface area (Å²) in [6.45, 7) is 4.55. The molecule has 0 radical (unpaired) electrons. The summed E-state index contributed by atoms with van der Waals surface area (Å²) >= 11 is 0. The Labute approximate surface area is 151 Å². The zero-order valence-electron chi connectivity index (χ0n) is 15.8. The lowest BCUT2D eigenvalue weighted by molar-refractivity contribution is -0.136. The highest BCUT2D eigenvalue weighted by Gasteiger charge is 2.51. The van der Waals surface area contributed by atoms with Gasteiger partial charge >= 0.3 is 0 Å². The molecular formula is C23H30O2. The Balaban J connectivity index is 1.69. The first-order valence-corrected chi connectivity index (χ1v) is 9.88. The molecule has 2 unspecified atom stereocenters. The molecule has 0 N–H and O–H groups in total. The minimum absolute atomic E-state index is 0.127. The Hall–Kier alpha value is -1.54. The van der Waals surface area contributed by atoms with Gasteiger partial charge in [0.15, 0.2) is 0 Å². The van der Waals surface area contributed by atoms with Gasteiger partial charge in [0.25, 0.3) is 0 Å². The summed E-state index contributed by atoms with van der Waals surface area (Å²) in [5.41, 5.74) is 1.65. The Morgan fingerprint density at radius 2 is 1.80 bits per heavy atom. The van der Waals surface area contributed by atoms with Gasteiger partial charge in [0.1, 0.15) is 5.75 Å². The predicted molar refractivity (Wildman–Crippen MR) is 103 cm³/mol. The third-order valence-electron chi connectivity index (χ3n) is 6.81. The smallest absolute Gasteiger partial charge is 0.205 e. The molecule has 2 aliphatic rings. The lowest BCUT2D eigenvalue weighted by Crippen LogP contribution is -2.37. The summed E-state index contributed by atoms with van der Waals surface area (Å²) in [4.78, 5) is 0. The van der Waals surface area contributed by atoms with Crippen molar-refractivity contribution in [2.45, 2.75) is 64.6 Å². The molecule has 2 saturated carbocycles. The molecule has 2 aromatic carbocycles. The quantitative estimate of drug-likeness (QED) is 0.577. The van der Waals surface area contributed by atoms with Crippen molar-refractivity contribution < 1.29 is 9.47 Å². The van der Waals surface area contributed by atoms with Gasteiger partial charge < -0.3 is 9.47 Å². The van der Waals surface area contributed by atoms with Crippen LogP contribution < -0.4 is 4.74 Å². The molecule has 2 fully saturated rings. The first kappa shape index (κ1) is 16.9. The molecule has 2 aromatic rings. The molecule has 0 aliphatic heterocycles. The fraction of sp³-hybridized carbons (Fsp3) is 0.565. The Kier molecular flexibility index (Phi) is 4.49. The van der Waals surface area contributed by atoms with Crippen LogP contribution >= 0.6 is 0 Å². The van der Waals surface area contributed by atoms with Crippen LogP contribution in [0.4, 0.5) is 0 Å². The number of ether oxygens (including phenoxy) is 2. The molecule has 0 saturated heterocycles. The summed E-state index contributed by atoms with van der Waals surface area (Å²) in [7, 11) is 1.81. The average Bonchev–Trinajstić information content (AvgIpc) is 3.27. The second-order valence-corrected chi connectivity index (χ2v) is 8.20. The lowest BCUT2D eigenvalue weighted by Gasteiger charge is -2.35. The van der Waals surface area contributed by atoms with E-state index < -0.39 is 0 Å². The maximum atomic E-state index is 6.53. The molecule has 0 heterocycles. The predicted octanol–water partition coefficient (Wildman–Crippen LogP) is 6.28. The van der Waals surface area contributed by atoms with Gasteiger partial charge in [-0.05, 0) is 67.4 Å². The van der Waals surface area contributed by atoms with Gasteiger partial charge in [-0.3, -0.25) is 0 Å². The van der Waals surface area contributed by atoms with Crippen LogP contribution in [-0.2, 0) is 4.74 Å². The van der Waals surface area contributed by atoms with Gasteiger partial charge in [0, 0.05) is 17.9 Å². The van der Waals surface area contributed by atoms with E-state index in [2.05, 4.69) is 50.2 Å². The second kappa shape index (κ2) is 6.64. The normalized spacial score (nSPS) is 27.6. The van der Waals surface area contributed by atoms with Crippen LogP contribution in [0.1, 0.15) is 63.9 Å². The summed E-state index contributed by atoms with van der Waals surface area (Å²) in [6, 6.07) is 13.1. The molecule has 0 amide bonds. The Morgan fingerprint density at radius 3 is 2.40 bits per heavy atom. The third-order valence-corrected chi connectivity index (χ3v) is 6.81. The SMILES string of the molecule is CCC(C)c1ccc(OC(OC)C23CCC(CC2)C3)c2ccccc12. The average molecular weight is 338 g/mol. The minimum atomic E-state index is -0.127. The van der Waals surface area contributed by atoms with Crippen LogP contribution in [0.5, 0.6) is 5.75 Å². The van der Waals surface area contributed by atoms with E-state index >= 15 is 0 Å². The fourth-order valence-electron chi connectivity index (χ4n) is 5.15. The van der Waals surface area contributed by atoms with Crippen LogP contribution in [0.2, 0.25) is 0 Å². The molecule has 0 aromatic heterocycles. The first-order valence-electron chi connectivity index (χ1n) is 9.88. The topological polar surface area (TPSA) is 18.5 Å². The van der Waals surface area contributed by atoms with E-state index in [-0.39, 0.29) is 11.7 Å². The molecule has 2 bridgehead atoms. The van der Waals surface area contributed by atoms with Gasteiger partial charge in [-0.25, -0.2) is 0 Å². The lowest BCUT2D eigenvalue weighted by atomic mass is 9.83. The van der Waals surface area contributed by atoms with Gasteiger partial charge in [-0.1, -0.05) is 44.2 Å². The van der Waals surface area contributed by atoms with E-state index in [1.54, 1.807) is 7.11 Å². The molecular weight excluding hydrogens is 308 g/mol. The largest absolute Gasteiger partial charge is 0.464 e. The first-order chi connectivity index (χ1) is 12.2. The van der Waals surface area contributed by atoms with Crippen molar-refractivity contribution in [1.29, 1.82) is 0 Å². The summed E-state index contributed by atoms with van der Waals surface area (Å²) in [6.07, 6.45) is 7.48. The number of rotatable bonds is 6. The second-order valence-electron chi connectivity index (χ2n) is 8.20. The maximum absolute atomic E-state index is 6.53. The van der Waals surface area contributed by atoms with Gasteiger partial charge in [-0.2, -0.15) is 0 Å². The van der Waals surface area contributed by atoms with E-state index in [0.29, 0.717) is 5.92 Å². The Morgan fingerprint density at radius 1 is 1.08 bits per heavy atom. The van der Waals surface area contributed by atoms with Gasteiger partial charge in [0.05, 0.1) is 0 Å². The van der Waals surface area contributed by atoms with Gasteiger partial charge in [0.2, 0.25) is 6.29 Å². The molecule has 0 spiro atoms. The van der Waals surface area contributed by atoms with Crippen LogP contribution in [0.25, 0.3) is 10.8 Å². The summed E-state index contributed by atoms with van der Waals surface area (Å²) < 4.78 is 12.4. The maximum Gasteiger partial charge on any atom is 0.205 e. The molecule has 4 rings (SSSR count). The zero-order valence-corrected chi connectivity index (χ0v) is 15.8. The van der Waals surface area contributed by atoms with Crippen molar-refractivity contribution in [1.82, 2.24) is 0 Å². The van der Waals surface area contributed by atoms with Crippen molar-refractivity contribution in [3.63, 3.8) is 0 Å². The van der Waals surface area contributed by atoms with Crippen molar-refractivity contribution in [2.75, 3.05) is 7.11 Å². The van der Waals surface area contributed by atoms with E-state index in [9.17, 15) is 0 Å². The number of benzene rings is 2. The van der Waals surface area contributed by atoms with Crippen molar-refractivity contribution in [3.05, 3.63) is 42.0 Å². The monoisotopic (exact) mass is 338 g/mol.